The van der Waals surface area contributed by atoms with Crippen LogP contribution in [0, 0.1) is 5.92 Å². The third kappa shape index (κ3) is 3.39. The number of rotatable bonds is 4. The Morgan fingerprint density at radius 3 is 2.79 bits per heavy atom. The zero-order valence-electron chi connectivity index (χ0n) is 10.5. The van der Waals surface area contributed by atoms with Crippen molar-refractivity contribution in [2.75, 3.05) is 26.8 Å². The van der Waals surface area contributed by atoms with Gasteiger partial charge in [-0.1, -0.05) is 15.9 Å². The van der Waals surface area contributed by atoms with E-state index in [4.69, 9.17) is 4.74 Å². The molecule has 106 valence electrons. The van der Waals surface area contributed by atoms with Crippen molar-refractivity contribution in [3.8, 4) is 0 Å². The van der Waals surface area contributed by atoms with E-state index >= 15 is 0 Å². The summed E-state index contributed by atoms with van der Waals surface area (Å²) in [5.41, 5.74) is 0. The smallest absolute Gasteiger partial charge is 0.244 e. The Morgan fingerprint density at radius 2 is 2.16 bits per heavy atom. The maximum atomic E-state index is 12.6. The molecule has 19 heavy (non-hydrogen) atoms. The minimum absolute atomic E-state index is 0.286. The van der Waals surface area contributed by atoms with Gasteiger partial charge in [-0.2, -0.15) is 4.31 Å². The van der Waals surface area contributed by atoms with Gasteiger partial charge in [-0.05, 0) is 46.5 Å². The topological polar surface area (TPSA) is 46.6 Å². The third-order valence-corrected chi connectivity index (χ3v) is 6.50. The molecule has 0 N–H and O–H groups in total. The van der Waals surface area contributed by atoms with E-state index in [0.717, 1.165) is 10.9 Å². The van der Waals surface area contributed by atoms with Gasteiger partial charge >= 0.3 is 0 Å². The van der Waals surface area contributed by atoms with Gasteiger partial charge in [-0.15, -0.1) is 0 Å². The van der Waals surface area contributed by atoms with Crippen LogP contribution in [0.3, 0.4) is 0 Å². The number of methoxy groups -OCH3 is 1. The van der Waals surface area contributed by atoms with Crippen LogP contribution in [-0.2, 0) is 14.8 Å². The predicted molar refractivity (Wildman–Crippen MR) is 80.6 cm³/mol. The van der Waals surface area contributed by atoms with Crippen molar-refractivity contribution in [2.45, 2.75) is 11.3 Å². The molecule has 1 atom stereocenters. The minimum atomic E-state index is -3.43. The van der Waals surface area contributed by atoms with Gasteiger partial charge in [-0.25, -0.2) is 8.42 Å². The molecule has 1 aliphatic rings. The van der Waals surface area contributed by atoms with E-state index in [0.29, 0.717) is 29.1 Å². The summed E-state index contributed by atoms with van der Waals surface area (Å²) in [4.78, 5) is 0.314. The number of sulfonamides is 1. The van der Waals surface area contributed by atoms with Crippen molar-refractivity contribution in [3.63, 3.8) is 0 Å². The first-order valence-corrected chi connectivity index (χ1v) is 8.92. The molecule has 1 heterocycles. The Balaban J connectivity index is 2.23. The van der Waals surface area contributed by atoms with Crippen LogP contribution in [0.5, 0.6) is 0 Å². The quantitative estimate of drug-likeness (QED) is 0.763. The first-order chi connectivity index (χ1) is 8.95. The molecule has 1 aliphatic heterocycles. The van der Waals surface area contributed by atoms with E-state index in [1.807, 2.05) is 0 Å². The van der Waals surface area contributed by atoms with E-state index in [1.165, 1.54) is 4.31 Å². The lowest BCUT2D eigenvalue weighted by Gasteiger charge is -2.17. The molecule has 2 rings (SSSR count). The summed E-state index contributed by atoms with van der Waals surface area (Å²) in [6.07, 6.45) is 0.848. The first-order valence-electron chi connectivity index (χ1n) is 5.89. The molecule has 1 aromatic rings. The fourth-order valence-corrected chi connectivity index (χ4v) is 5.45. The van der Waals surface area contributed by atoms with Crippen molar-refractivity contribution in [2.24, 2.45) is 5.92 Å². The molecule has 0 bridgehead atoms. The van der Waals surface area contributed by atoms with Gasteiger partial charge in [0.2, 0.25) is 10.0 Å². The van der Waals surface area contributed by atoms with Gasteiger partial charge in [0.15, 0.2) is 0 Å². The van der Waals surface area contributed by atoms with Gasteiger partial charge < -0.3 is 4.74 Å². The molecule has 0 spiro atoms. The zero-order chi connectivity index (χ0) is 14.0. The lowest BCUT2D eigenvalue weighted by Crippen LogP contribution is -2.29. The Bertz CT molecular complexity index is 562. The van der Waals surface area contributed by atoms with Gasteiger partial charge in [0.25, 0.3) is 0 Å². The van der Waals surface area contributed by atoms with E-state index in [1.54, 1.807) is 25.3 Å². The Kier molecular flexibility index (Phi) is 5.05. The summed E-state index contributed by atoms with van der Waals surface area (Å²) in [5.74, 6) is 0.286. The highest BCUT2D eigenvalue weighted by atomic mass is 79.9. The molecule has 0 aliphatic carbocycles. The predicted octanol–water partition coefficient (Wildman–Crippen LogP) is 2.87. The van der Waals surface area contributed by atoms with Crippen molar-refractivity contribution in [1.82, 2.24) is 4.31 Å². The molecule has 1 unspecified atom stereocenters. The maximum absolute atomic E-state index is 12.6. The summed E-state index contributed by atoms with van der Waals surface area (Å²) < 4.78 is 33.2. The first kappa shape index (κ1) is 15.4. The van der Waals surface area contributed by atoms with Crippen LogP contribution < -0.4 is 0 Å². The molecule has 4 nitrogen and oxygen atoms in total. The summed E-state index contributed by atoms with van der Waals surface area (Å²) >= 11 is 6.64. The second-order valence-electron chi connectivity index (χ2n) is 4.55. The Labute approximate surface area is 130 Å². The van der Waals surface area contributed by atoms with E-state index in [9.17, 15) is 8.42 Å². The standard InChI is InChI=1S/C12H15Br2NO3S/c1-18-8-9-4-5-15(7-9)19(16,17)12-3-2-10(13)6-11(12)14/h2-3,6,9H,4-5,7-8H2,1H3. The van der Waals surface area contributed by atoms with Crippen LogP contribution in [0.15, 0.2) is 32.0 Å². The molecular formula is C12H15Br2NO3S. The molecule has 0 amide bonds. The van der Waals surface area contributed by atoms with Gasteiger partial charge in [0.05, 0.1) is 11.5 Å². The second-order valence-corrected chi connectivity index (χ2v) is 8.22. The Morgan fingerprint density at radius 1 is 1.42 bits per heavy atom. The fraction of sp³-hybridized carbons (Fsp3) is 0.500. The van der Waals surface area contributed by atoms with Crippen molar-refractivity contribution < 1.29 is 13.2 Å². The van der Waals surface area contributed by atoms with Crippen molar-refractivity contribution in [1.29, 1.82) is 0 Å². The number of nitrogens with zero attached hydrogens (tertiary/aromatic N) is 1. The number of benzene rings is 1. The molecular weight excluding hydrogens is 398 g/mol. The summed E-state index contributed by atoms with van der Waals surface area (Å²) in [5, 5.41) is 0. The normalized spacial score (nSPS) is 20.9. The van der Waals surface area contributed by atoms with Crippen LogP contribution in [0.4, 0.5) is 0 Å². The number of ether oxygens (including phenoxy) is 1. The van der Waals surface area contributed by atoms with Crippen LogP contribution in [0.25, 0.3) is 0 Å². The molecule has 7 heteroatoms. The summed E-state index contributed by atoms with van der Waals surface area (Å²) in [6.45, 7) is 1.69. The average Bonchev–Trinajstić information content (AvgIpc) is 2.78. The lowest BCUT2D eigenvalue weighted by molar-refractivity contribution is 0.157. The number of halogens is 2. The average molecular weight is 413 g/mol. The highest BCUT2D eigenvalue weighted by Crippen LogP contribution is 2.30. The molecule has 1 fully saturated rings. The number of hydrogen-bond acceptors (Lipinski definition) is 3. The largest absolute Gasteiger partial charge is 0.384 e. The van der Waals surface area contributed by atoms with Gasteiger partial charge in [0, 0.05) is 29.1 Å². The molecule has 1 aromatic carbocycles. The van der Waals surface area contributed by atoms with Crippen LogP contribution >= 0.6 is 31.9 Å². The SMILES string of the molecule is COCC1CCN(S(=O)(=O)c2ccc(Br)cc2Br)C1. The van der Waals surface area contributed by atoms with E-state index < -0.39 is 10.0 Å². The fourth-order valence-electron chi connectivity index (χ4n) is 2.21. The maximum Gasteiger partial charge on any atom is 0.244 e. The lowest BCUT2D eigenvalue weighted by atomic mass is 10.1. The molecule has 1 saturated heterocycles. The summed E-state index contributed by atoms with van der Waals surface area (Å²) in [7, 11) is -1.79. The van der Waals surface area contributed by atoms with Crippen LogP contribution in [0.2, 0.25) is 0 Å². The second kappa shape index (κ2) is 6.22. The van der Waals surface area contributed by atoms with E-state index in [2.05, 4.69) is 31.9 Å². The van der Waals surface area contributed by atoms with Crippen molar-refractivity contribution in [3.05, 3.63) is 27.1 Å². The highest BCUT2D eigenvalue weighted by Gasteiger charge is 2.33. The molecule has 0 aromatic heterocycles. The third-order valence-electron chi connectivity index (χ3n) is 3.16. The monoisotopic (exact) mass is 411 g/mol. The highest BCUT2D eigenvalue weighted by molar-refractivity contribution is 9.11. The van der Waals surface area contributed by atoms with Crippen LogP contribution in [0.1, 0.15) is 6.42 Å². The Hall–Kier alpha value is 0.0500. The van der Waals surface area contributed by atoms with Crippen molar-refractivity contribution >= 4 is 41.9 Å². The zero-order valence-corrected chi connectivity index (χ0v) is 14.5. The van der Waals surface area contributed by atoms with E-state index in [-0.39, 0.29) is 5.92 Å². The van der Waals surface area contributed by atoms with Gasteiger partial charge in [-0.3, -0.25) is 0 Å². The number of hydrogen-bond donors (Lipinski definition) is 0. The molecule has 0 saturated carbocycles. The van der Waals surface area contributed by atoms with Gasteiger partial charge in [0.1, 0.15) is 0 Å². The molecule has 0 radical (unpaired) electrons. The van der Waals surface area contributed by atoms with Crippen LogP contribution in [-0.4, -0.2) is 39.5 Å². The minimum Gasteiger partial charge on any atom is -0.384 e. The summed E-state index contributed by atoms with van der Waals surface area (Å²) in [6, 6.07) is 5.10.